The van der Waals surface area contributed by atoms with E-state index in [0.29, 0.717) is 87.3 Å². The van der Waals surface area contributed by atoms with Gasteiger partial charge in [-0.2, -0.15) is 4.37 Å². The Morgan fingerprint density at radius 2 is 1.92 bits per heavy atom. The fraction of sp³-hybridized carbons (Fsp3) is 0.742. The lowest BCUT2D eigenvalue weighted by Crippen LogP contribution is -2.44. The van der Waals surface area contributed by atoms with E-state index in [1.165, 1.54) is 6.07 Å². The monoisotopic (exact) mass is 779 g/mol. The summed E-state index contributed by atoms with van der Waals surface area (Å²) in [6.07, 6.45) is -0.163. The highest BCUT2D eigenvalue weighted by Crippen LogP contribution is 2.44. The van der Waals surface area contributed by atoms with E-state index in [1.807, 2.05) is 32.6 Å². The zero-order valence-corrected chi connectivity index (χ0v) is 32.5. The molecule has 1 unspecified atom stereocenters. The van der Waals surface area contributed by atoms with Gasteiger partial charge < -0.3 is 34.5 Å². The molecule has 1 fully saturated rings. The van der Waals surface area contributed by atoms with Gasteiger partial charge in [0.1, 0.15) is 32.7 Å². The van der Waals surface area contributed by atoms with Gasteiger partial charge in [-0.3, -0.25) is 9.59 Å². The lowest BCUT2D eigenvalue weighted by atomic mass is 10.0. The highest BCUT2D eigenvalue weighted by molar-refractivity contribution is 7.96. The van der Waals surface area contributed by atoms with Gasteiger partial charge in [-0.15, -0.1) is 15.7 Å². The van der Waals surface area contributed by atoms with Gasteiger partial charge in [-0.1, -0.05) is 6.92 Å². The number of carbonyl (C=O) groups is 2. The predicted octanol–water partition coefficient (Wildman–Crippen LogP) is 2.56. The summed E-state index contributed by atoms with van der Waals surface area (Å²) < 4.78 is 84.2. The lowest BCUT2D eigenvalue weighted by Gasteiger charge is -2.29. The van der Waals surface area contributed by atoms with Crippen molar-refractivity contribution in [3.63, 3.8) is 0 Å². The lowest BCUT2D eigenvalue weighted by molar-refractivity contribution is -0.151. The Hall–Kier alpha value is -2.26. The maximum Gasteiger partial charge on any atom is 0.306 e. The number of hydrogen-bond donors (Lipinski definition) is 2. The van der Waals surface area contributed by atoms with Crippen LogP contribution in [0.5, 0.6) is 5.88 Å². The standard InChI is InChI=1S/C31H49N5O10S4/c1-6-32-25-16-23(8-7-13-43-5)50(41,42)30-24(25)17-27(47-30)49(39,40)20-21(37)9-10-26(38)46-22(18-33-31(2,3)4)19-45-29-28(34-48-35-29)36-11-14-44-15-12-36/h17,22-23,25,32-33H,6-16,18-20H2,1-5H3/t22-,23?,25-/m0/s1. The van der Waals surface area contributed by atoms with E-state index < -0.39 is 48.5 Å². The molecule has 4 rings (SSSR count). The first-order chi connectivity index (χ1) is 23.6. The summed E-state index contributed by atoms with van der Waals surface area (Å²) >= 11 is 1.70. The molecule has 0 amide bonds. The molecule has 1 saturated heterocycles. The second-order valence-electron chi connectivity index (χ2n) is 13.3. The molecule has 2 aliphatic rings. The third-order valence-electron chi connectivity index (χ3n) is 8.18. The minimum absolute atomic E-state index is 0.0209. The fourth-order valence-corrected chi connectivity index (χ4v) is 11.8. The third kappa shape index (κ3) is 11.1. The van der Waals surface area contributed by atoms with Gasteiger partial charge in [0.2, 0.25) is 5.82 Å². The summed E-state index contributed by atoms with van der Waals surface area (Å²) in [6.45, 7) is 11.5. The van der Waals surface area contributed by atoms with Crippen LogP contribution >= 0.6 is 23.1 Å². The molecule has 0 radical (unpaired) electrons. The number of Topliss-reactive ketones (excluding diaryl/α,β-unsaturated/α-hetero) is 1. The molecule has 0 saturated carbocycles. The van der Waals surface area contributed by atoms with Crippen molar-refractivity contribution >= 4 is 60.3 Å². The number of aromatic nitrogens is 2. The second-order valence-corrected chi connectivity index (χ2v) is 19.5. The number of rotatable bonds is 19. The van der Waals surface area contributed by atoms with Crippen LogP contribution in [0, 0.1) is 0 Å². The van der Waals surface area contributed by atoms with Crippen LogP contribution in [0.25, 0.3) is 0 Å². The number of sulfone groups is 2. The number of carbonyl (C=O) groups excluding carboxylic acids is 2. The number of anilines is 1. The molecule has 0 aromatic carbocycles. The molecule has 0 spiro atoms. The van der Waals surface area contributed by atoms with Crippen LogP contribution in [0.3, 0.4) is 0 Å². The number of morpholine rings is 1. The van der Waals surface area contributed by atoms with E-state index >= 15 is 0 Å². The van der Waals surface area contributed by atoms with Crippen molar-refractivity contribution in [2.24, 2.45) is 0 Å². The van der Waals surface area contributed by atoms with Gasteiger partial charge in [0.15, 0.2) is 19.7 Å². The Balaban J connectivity index is 1.36. The average molecular weight is 780 g/mol. The number of fused-ring (bicyclic) bond motifs is 1. The quantitative estimate of drug-likeness (QED) is 0.156. The van der Waals surface area contributed by atoms with Gasteiger partial charge in [0.25, 0.3) is 5.88 Å². The summed E-state index contributed by atoms with van der Waals surface area (Å²) in [5.74, 6) is -1.29. The summed E-state index contributed by atoms with van der Waals surface area (Å²) in [7, 11) is -6.39. The second kappa shape index (κ2) is 18.0. The molecule has 2 aromatic rings. The van der Waals surface area contributed by atoms with Gasteiger partial charge in [0.05, 0.1) is 36.6 Å². The molecule has 19 heteroatoms. The number of ketones is 1. The normalized spacial score (nSPS) is 19.9. The molecule has 282 valence electrons. The van der Waals surface area contributed by atoms with Gasteiger partial charge in [-0.25, -0.2) is 16.8 Å². The summed E-state index contributed by atoms with van der Waals surface area (Å²) in [5, 5.41) is 5.89. The molecule has 2 aromatic heterocycles. The molecule has 0 aliphatic carbocycles. The summed E-state index contributed by atoms with van der Waals surface area (Å²) in [5.41, 5.74) is 0.130. The van der Waals surface area contributed by atoms with E-state index in [1.54, 1.807) is 7.11 Å². The maximum absolute atomic E-state index is 13.5. The Kier molecular flexibility index (Phi) is 14.6. The zero-order chi connectivity index (χ0) is 36.5. The number of hydrogen-bond acceptors (Lipinski definition) is 17. The fourth-order valence-electron chi connectivity index (χ4n) is 5.62. The first kappa shape index (κ1) is 40.5. The van der Waals surface area contributed by atoms with E-state index in [4.69, 9.17) is 18.9 Å². The minimum Gasteiger partial charge on any atom is -0.470 e. The number of ether oxygens (including phenoxy) is 4. The van der Waals surface area contributed by atoms with Crippen LogP contribution in [0.15, 0.2) is 14.5 Å². The number of methoxy groups -OCH3 is 1. The van der Waals surface area contributed by atoms with Crippen LogP contribution < -0.4 is 20.3 Å². The maximum atomic E-state index is 13.5. The molecular formula is C31H49N5O10S4. The summed E-state index contributed by atoms with van der Waals surface area (Å²) in [4.78, 5) is 27.8. The van der Waals surface area contributed by atoms with Crippen molar-refractivity contribution in [3.8, 4) is 5.88 Å². The predicted molar refractivity (Wildman–Crippen MR) is 190 cm³/mol. The van der Waals surface area contributed by atoms with E-state index in [0.717, 1.165) is 11.7 Å². The Labute approximate surface area is 302 Å². The number of esters is 1. The number of nitrogens with zero attached hydrogens (tertiary/aromatic N) is 3. The first-order valence-electron chi connectivity index (χ1n) is 16.7. The Morgan fingerprint density at radius 1 is 1.18 bits per heavy atom. The van der Waals surface area contributed by atoms with Crippen molar-refractivity contribution in [2.45, 2.75) is 91.2 Å². The first-order valence-corrected chi connectivity index (χ1v) is 21.5. The van der Waals surface area contributed by atoms with E-state index in [9.17, 15) is 26.4 Å². The van der Waals surface area contributed by atoms with E-state index in [2.05, 4.69) is 19.4 Å². The molecule has 15 nitrogen and oxygen atoms in total. The van der Waals surface area contributed by atoms with Crippen LogP contribution in [0.1, 0.15) is 71.4 Å². The molecule has 50 heavy (non-hydrogen) atoms. The summed E-state index contributed by atoms with van der Waals surface area (Å²) in [6, 6.07) is 1.04. The topological polar surface area (TPSA) is 192 Å². The SMILES string of the molecule is CCN[C@H]1CC(CCCOC)S(=O)(=O)c2sc(S(=O)(=O)CC(=O)CCC(=O)O[C@@H](CNC(C)(C)C)COc3nsnc3N3CCOCC3)cc21. The molecule has 2 aliphatic heterocycles. The Bertz CT molecular complexity index is 1650. The molecule has 3 atom stereocenters. The third-order valence-corrected chi connectivity index (χ3v) is 14.9. The number of thiophene rings is 1. The van der Waals surface area contributed by atoms with Crippen LogP contribution in [-0.2, 0) is 43.5 Å². The largest absolute Gasteiger partial charge is 0.470 e. The van der Waals surface area contributed by atoms with Crippen molar-refractivity contribution < 1.29 is 45.4 Å². The molecule has 0 bridgehead atoms. The molecule has 4 heterocycles. The van der Waals surface area contributed by atoms with Gasteiger partial charge in [0, 0.05) is 51.4 Å². The van der Waals surface area contributed by atoms with Crippen LogP contribution in [0.4, 0.5) is 5.82 Å². The van der Waals surface area contributed by atoms with Crippen molar-refractivity contribution in [3.05, 3.63) is 11.6 Å². The van der Waals surface area contributed by atoms with Crippen LogP contribution in [-0.4, -0.2) is 120 Å². The van der Waals surface area contributed by atoms with Gasteiger partial charge >= 0.3 is 5.97 Å². The van der Waals surface area contributed by atoms with E-state index in [-0.39, 0.29) is 46.0 Å². The average Bonchev–Trinajstić information content (AvgIpc) is 3.73. The highest BCUT2D eigenvalue weighted by Gasteiger charge is 2.41. The molecular weight excluding hydrogens is 731 g/mol. The number of nitrogens with one attached hydrogen (secondary N) is 2. The highest BCUT2D eigenvalue weighted by atomic mass is 32.3. The van der Waals surface area contributed by atoms with Crippen LogP contribution in [0.2, 0.25) is 0 Å². The Morgan fingerprint density at radius 3 is 2.60 bits per heavy atom. The zero-order valence-electron chi connectivity index (χ0n) is 29.3. The van der Waals surface area contributed by atoms with Crippen molar-refractivity contribution in [1.82, 2.24) is 19.4 Å². The van der Waals surface area contributed by atoms with Crippen molar-refractivity contribution in [1.29, 1.82) is 0 Å². The van der Waals surface area contributed by atoms with Gasteiger partial charge in [-0.05, 0) is 58.2 Å². The van der Waals surface area contributed by atoms with Crippen molar-refractivity contribution in [2.75, 3.05) is 70.4 Å². The molecule has 2 N–H and O–H groups in total. The minimum atomic E-state index is -4.17. The smallest absolute Gasteiger partial charge is 0.306 e.